The van der Waals surface area contributed by atoms with Gasteiger partial charge in [0.05, 0.1) is 11.4 Å². The maximum Gasteiger partial charge on any atom is 0.228 e. The van der Waals surface area contributed by atoms with Gasteiger partial charge in [-0.15, -0.1) is 0 Å². The molecule has 1 heterocycles. The third kappa shape index (κ3) is 2.67. The van der Waals surface area contributed by atoms with Crippen LogP contribution in [0.15, 0.2) is 18.2 Å². The molecule has 5 heteroatoms. The van der Waals surface area contributed by atoms with Crippen molar-refractivity contribution in [3.8, 4) is 0 Å². The molecule has 1 atom stereocenters. The van der Waals surface area contributed by atoms with Gasteiger partial charge in [-0.25, -0.2) is 0 Å². The van der Waals surface area contributed by atoms with Gasteiger partial charge in [-0.2, -0.15) is 0 Å². The SMILES string of the molecule is CC(=O)SC1CC(=O)N(c2cc(C)ccc2N)C1. The number of nitrogen functional groups attached to an aromatic ring is 1. The van der Waals surface area contributed by atoms with E-state index in [1.165, 1.54) is 18.7 Å². The lowest BCUT2D eigenvalue weighted by Gasteiger charge is -2.19. The monoisotopic (exact) mass is 264 g/mol. The molecule has 0 aromatic heterocycles. The van der Waals surface area contributed by atoms with Crippen molar-refractivity contribution in [2.75, 3.05) is 17.2 Å². The molecule has 2 N–H and O–H groups in total. The summed E-state index contributed by atoms with van der Waals surface area (Å²) in [5.74, 6) is 0.0334. The molecular formula is C13H16N2O2S. The molecule has 0 spiro atoms. The summed E-state index contributed by atoms with van der Waals surface area (Å²) in [6.45, 7) is 4.04. The Balaban J connectivity index is 2.21. The fourth-order valence-corrected chi connectivity index (χ4v) is 3.03. The average molecular weight is 264 g/mol. The lowest BCUT2D eigenvalue weighted by Crippen LogP contribution is -2.26. The van der Waals surface area contributed by atoms with Crippen LogP contribution in [0.4, 0.5) is 11.4 Å². The summed E-state index contributed by atoms with van der Waals surface area (Å²) >= 11 is 1.23. The van der Waals surface area contributed by atoms with E-state index < -0.39 is 0 Å². The largest absolute Gasteiger partial charge is 0.397 e. The number of nitrogens with two attached hydrogens (primary N) is 1. The minimum absolute atomic E-state index is 0.0334. The number of nitrogens with zero attached hydrogens (tertiary/aromatic N) is 1. The number of benzene rings is 1. The zero-order chi connectivity index (χ0) is 13.3. The van der Waals surface area contributed by atoms with E-state index in [-0.39, 0.29) is 16.3 Å². The third-order valence-corrected chi connectivity index (χ3v) is 3.88. The highest BCUT2D eigenvalue weighted by Gasteiger charge is 2.32. The van der Waals surface area contributed by atoms with Crippen LogP contribution in [-0.4, -0.2) is 22.8 Å². The van der Waals surface area contributed by atoms with Gasteiger partial charge in [-0.05, 0) is 24.6 Å². The van der Waals surface area contributed by atoms with Crippen molar-refractivity contribution in [1.29, 1.82) is 0 Å². The number of hydrogen-bond acceptors (Lipinski definition) is 4. The topological polar surface area (TPSA) is 63.4 Å². The Bertz CT molecular complexity index is 502. The van der Waals surface area contributed by atoms with Crippen LogP contribution < -0.4 is 10.6 Å². The van der Waals surface area contributed by atoms with Gasteiger partial charge in [-0.1, -0.05) is 17.8 Å². The van der Waals surface area contributed by atoms with Crippen LogP contribution in [-0.2, 0) is 9.59 Å². The summed E-state index contributed by atoms with van der Waals surface area (Å²) in [5.41, 5.74) is 8.33. The Kier molecular flexibility index (Phi) is 3.61. The summed E-state index contributed by atoms with van der Waals surface area (Å²) in [4.78, 5) is 24.7. The standard InChI is InChI=1S/C13H16N2O2S/c1-8-3-4-11(14)12(5-8)15-7-10(6-13(15)17)18-9(2)16/h3-5,10H,6-7,14H2,1-2H3. The molecule has 1 fully saturated rings. The second-order valence-electron chi connectivity index (χ2n) is 4.50. The van der Waals surface area contributed by atoms with Crippen LogP contribution in [0.25, 0.3) is 0 Å². The minimum atomic E-state index is 0.0334. The molecule has 0 saturated carbocycles. The molecule has 1 unspecified atom stereocenters. The van der Waals surface area contributed by atoms with Crippen molar-refractivity contribution >= 4 is 34.2 Å². The third-order valence-electron chi connectivity index (χ3n) is 2.90. The summed E-state index contributed by atoms with van der Waals surface area (Å²) in [6, 6.07) is 5.64. The van der Waals surface area contributed by atoms with Crippen LogP contribution >= 0.6 is 11.8 Å². The van der Waals surface area contributed by atoms with E-state index in [0.29, 0.717) is 18.7 Å². The second-order valence-corrected chi connectivity index (χ2v) is 5.98. The highest BCUT2D eigenvalue weighted by Crippen LogP contribution is 2.32. The van der Waals surface area contributed by atoms with Gasteiger partial charge in [0.1, 0.15) is 0 Å². The van der Waals surface area contributed by atoms with E-state index in [2.05, 4.69) is 0 Å². The number of rotatable bonds is 2. The number of carbonyl (C=O) groups excluding carboxylic acids is 2. The molecule has 1 amide bonds. The Morgan fingerprint density at radius 3 is 2.89 bits per heavy atom. The van der Waals surface area contributed by atoms with Gasteiger partial charge in [0, 0.05) is 25.1 Å². The van der Waals surface area contributed by atoms with Crippen LogP contribution in [0, 0.1) is 6.92 Å². The molecule has 0 bridgehead atoms. The molecule has 4 nitrogen and oxygen atoms in total. The predicted molar refractivity (Wildman–Crippen MR) is 74.6 cm³/mol. The van der Waals surface area contributed by atoms with Crippen molar-refractivity contribution in [2.24, 2.45) is 0 Å². The molecule has 1 aromatic carbocycles. The fourth-order valence-electron chi connectivity index (χ4n) is 2.11. The number of thioether (sulfide) groups is 1. The van der Waals surface area contributed by atoms with Gasteiger partial charge < -0.3 is 10.6 Å². The molecule has 1 aromatic rings. The Morgan fingerprint density at radius 2 is 2.22 bits per heavy atom. The summed E-state index contributed by atoms with van der Waals surface area (Å²) < 4.78 is 0. The van der Waals surface area contributed by atoms with Crippen molar-refractivity contribution in [1.82, 2.24) is 0 Å². The van der Waals surface area contributed by atoms with Gasteiger partial charge in [-0.3, -0.25) is 9.59 Å². The van der Waals surface area contributed by atoms with E-state index in [1.54, 1.807) is 4.90 Å². The van der Waals surface area contributed by atoms with E-state index in [0.717, 1.165) is 11.3 Å². The van der Waals surface area contributed by atoms with Crippen LogP contribution in [0.2, 0.25) is 0 Å². The van der Waals surface area contributed by atoms with E-state index >= 15 is 0 Å². The highest BCUT2D eigenvalue weighted by molar-refractivity contribution is 8.14. The van der Waals surface area contributed by atoms with Gasteiger partial charge in [0.15, 0.2) is 5.12 Å². The molecule has 1 aliphatic rings. The Hall–Kier alpha value is -1.49. The maximum atomic E-state index is 12.0. The summed E-state index contributed by atoms with van der Waals surface area (Å²) in [7, 11) is 0. The molecule has 18 heavy (non-hydrogen) atoms. The first-order valence-electron chi connectivity index (χ1n) is 5.81. The van der Waals surface area contributed by atoms with Crippen molar-refractivity contribution < 1.29 is 9.59 Å². The number of amides is 1. The Morgan fingerprint density at radius 1 is 1.50 bits per heavy atom. The van der Waals surface area contributed by atoms with E-state index in [4.69, 9.17) is 5.73 Å². The zero-order valence-corrected chi connectivity index (χ0v) is 11.3. The first-order chi connectivity index (χ1) is 8.47. The van der Waals surface area contributed by atoms with E-state index in [9.17, 15) is 9.59 Å². The highest BCUT2D eigenvalue weighted by atomic mass is 32.2. The second kappa shape index (κ2) is 5.02. The summed E-state index contributed by atoms with van der Waals surface area (Å²) in [5, 5.41) is 0.0850. The van der Waals surface area contributed by atoms with Crippen LogP contribution in [0.5, 0.6) is 0 Å². The molecule has 2 rings (SSSR count). The van der Waals surface area contributed by atoms with Gasteiger partial charge in [0.2, 0.25) is 5.91 Å². The quantitative estimate of drug-likeness (QED) is 0.829. The first-order valence-corrected chi connectivity index (χ1v) is 6.69. The predicted octanol–water partition coefficient (Wildman–Crippen LogP) is 1.96. The normalized spacial score (nSPS) is 19.3. The maximum absolute atomic E-state index is 12.0. The van der Waals surface area contributed by atoms with Crippen molar-refractivity contribution in [3.63, 3.8) is 0 Å². The van der Waals surface area contributed by atoms with Crippen LogP contribution in [0.3, 0.4) is 0 Å². The molecule has 1 saturated heterocycles. The van der Waals surface area contributed by atoms with Gasteiger partial charge in [0.25, 0.3) is 0 Å². The van der Waals surface area contributed by atoms with Crippen molar-refractivity contribution in [3.05, 3.63) is 23.8 Å². The minimum Gasteiger partial charge on any atom is -0.397 e. The Labute approximate surface area is 111 Å². The fraction of sp³-hybridized carbons (Fsp3) is 0.385. The van der Waals surface area contributed by atoms with Gasteiger partial charge >= 0.3 is 0 Å². The first kappa shape index (κ1) is 13.0. The zero-order valence-electron chi connectivity index (χ0n) is 10.5. The smallest absolute Gasteiger partial charge is 0.228 e. The number of anilines is 2. The average Bonchev–Trinajstić information content (AvgIpc) is 2.62. The van der Waals surface area contributed by atoms with Crippen molar-refractivity contribution in [2.45, 2.75) is 25.5 Å². The number of carbonyl (C=O) groups is 2. The number of aryl methyl sites for hydroxylation is 1. The van der Waals surface area contributed by atoms with E-state index in [1.807, 2.05) is 25.1 Å². The lowest BCUT2D eigenvalue weighted by atomic mass is 10.2. The summed E-state index contributed by atoms with van der Waals surface area (Å²) in [6.07, 6.45) is 0.400. The number of hydrogen-bond donors (Lipinski definition) is 1. The molecule has 96 valence electrons. The molecular weight excluding hydrogens is 248 g/mol. The molecule has 1 aliphatic heterocycles. The lowest BCUT2D eigenvalue weighted by molar-refractivity contribution is -0.117. The molecule has 0 radical (unpaired) electrons. The van der Waals surface area contributed by atoms with Crippen LogP contribution in [0.1, 0.15) is 18.9 Å². The molecule has 0 aliphatic carbocycles.